The Morgan fingerprint density at radius 2 is 2.33 bits per heavy atom. The second-order valence-electron chi connectivity index (χ2n) is 3.29. The average Bonchev–Trinajstić information content (AvgIpc) is 2.18. The van der Waals surface area contributed by atoms with E-state index >= 15 is 0 Å². The Hall–Kier alpha value is -0.380. The number of hydrogen-bond donors (Lipinski definition) is 1. The van der Waals surface area contributed by atoms with E-state index in [-0.39, 0.29) is 11.9 Å². The van der Waals surface area contributed by atoms with Crippen LogP contribution in [0.25, 0.3) is 0 Å². The number of benzene rings is 1. The maximum Gasteiger partial charge on any atom is 0.137 e. The van der Waals surface area contributed by atoms with Crippen molar-refractivity contribution in [1.82, 2.24) is 5.32 Å². The molecule has 0 aliphatic carbocycles. The SMILES string of the molecule is C=C(Cl)CNC(C)c1ccc(F)c(Br)c1. The van der Waals surface area contributed by atoms with Crippen LogP contribution < -0.4 is 5.32 Å². The first-order chi connectivity index (χ1) is 7.00. The van der Waals surface area contributed by atoms with Gasteiger partial charge in [0.25, 0.3) is 0 Å². The van der Waals surface area contributed by atoms with Gasteiger partial charge < -0.3 is 5.32 Å². The van der Waals surface area contributed by atoms with Crippen molar-refractivity contribution < 1.29 is 4.39 Å². The zero-order valence-electron chi connectivity index (χ0n) is 8.36. The van der Waals surface area contributed by atoms with Gasteiger partial charge in [0.1, 0.15) is 5.82 Å². The molecule has 0 amide bonds. The van der Waals surface area contributed by atoms with Crippen molar-refractivity contribution in [2.45, 2.75) is 13.0 Å². The second-order valence-corrected chi connectivity index (χ2v) is 4.68. The number of rotatable bonds is 4. The second kappa shape index (κ2) is 5.64. The summed E-state index contributed by atoms with van der Waals surface area (Å²) in [5.41, 5.74) is 1.00. The minimum absolute atomic E-state index is 0.109. The van der Waals surface area contributed by atoms with Gasteiger partial charge in [-0.25, -0.2) is 4.39 Å². The third-order valence-electron chi connectivity index (χ3n) is 2.04. The van der Waals surface area contributed by atoms with E-state index in [0.717, 1.165) is 5.56 Å². The normalized spacial score (nSPS) is 12.5. The molecule has 0 aliphatic rings. The highest BCUT2D eigenvalue weighted by Crippen LogP contribution is 2.21. The summed E-state index contributed by atoms with van der Waals surface area (Å²) in [5, 5.41) is 3.73. The van der Waals surface area contributed by atoms with Gasteiger partial charge in [-0.15, -0.1) is 0 Å². The standard InChI is InChI=1S/C11H12BrClFN/c1-7(13)6-15-8(2)9-3-4-11(14)10(12)5-9/h3-5,8,15H,1,6H2,2H3. The largest absolute Gasteiger partial charge is 0.305 e. The summed E-state index contributed by atoms with van der Waals surface area (Å²) >= 11 is 8.79. The van der Waals surface area contributed by atoms with Gasteiger partial charge in [0.15, 0.2) is 0 Å². The summed E-state index contributed by atoms with van der Waals surface area (Å²) < 4.78 is 13.4. The van der Waals surface area contributed by atoms with E-state index in [2.05, 4.69) is 27.8 Å². The van der Waals surface area contributed by atoms with Gasteiger partial charge >= 0.3 is 0 Å². The lowest BCUT2D eigenvalue weighted by Gasteiger charge is -2.14. The van der Waals surface area contributed by atoms with Crippen LogP contribution in [0.1, 0.15) is 18.5 Å². The van der Waals surface area contributed by atoms with Crippen molar-refractivity contribution in [2.24, 2.45) is 0 Å². The van der Waals surface area contributed by atoms with Crippen LogP contribution in [0.15, 0.2) is 34.3 Å². The summed E-state index contributed by atoms with van der Waals surface area (Å²) in [6.07, 6.45) is 0. The lowest BCUT2D eigenvalue weighted by Crippen LogP contribution is -2.19. The van der Waals surface area contributed by atoms with Crippen molar-refractivity contribution in [3.63, 3.8) is 0 Å². The van der Waals surface area contributed by atoms with E-state index in [1.165, 1.54) is 6.07 Å². The molecule has 0 fully saturated rings. The minimum Gasteiger partial charge on any atom is -0.305 e. The van der Waals surface area contributed by atoms with Crippen molar-refractivity contribution in [3.8, 4) is 0 Å². The molecule has 0 saturated heterocycles. The van der Waals surface area contributed by atoms with E-state index in [9.17, 15) is 4.39 Å². The van der Waals surface area contributed by atoms with Crippen LogP contribution >= 0.6 is 27.5 Å². The van der Waals surface area contributed by atoms with Crippen LogP contribution in [-0.2, 0) is 0 Å². The molecule has 15 heavy (non-hydrogen) atoms. The summed E-state index contributed by atoms with van der Waals surface area (Å²) in [5.74, 6) is -0.257. The molecule has 1 nitrogen and oxygen atoms in total. The molecular formula is C11H12BrClFN. The van der Waals surface area contributed by atoms with Crippen LogP contribution in [0.3, 0.4) is 0 Å². The smallest absolute Gasteiger partial charge is 0.137 e. The molecule has 1 aromatic rings. The highest BCUT2D eigenvalue weighted by Gasteiger charge is 2.07. The quantitative estimate of drug-likeness (QED) is 0.885. The molecule has 1 N–H and O–H groups in total. The minimum atomic E-state index is -0.257. The molecule has 0 saturated carbocycles. The molecule has 1 atom stereocenters. The maximum absolute atomic E-state index is 13.0. The fourth-order valence-corrected chi connectivity index (χ4v) is 1.64. The van der Waals surface area contributed by atoms with E-state index < -0.39 is 0 Å². The van der Waals surface area contributed by atoms with Crippen molar-refractivity contribution >= 4 is 27.5 Å². The highest BCUT2D eigenvalue weighted by atomic mass is 79.9. The fourth-order valence-electron chi connectivity index (χ4n) is 1.16. The molecule has 0 aromatic heterocycles. The molecular weight excluding hydrogens is 280 g/mol. The Kier molecular flexibility index (Phi) is 4.77. The van der Waals surface area contributed by atoms with Crippen LogP contribution in [-0.4, -0.2) is 6.54 Å². The number of hydrogen-bond acceptors (Lipinski definition) is 1. The predicted octanol–water partition coefficient (Wildman–Crippen LogP) is 3.99. The summed E-state index contributed by atoms with van der Waals surface area (Å²) in [6.45, 7) is 6.11. The van der Waals surface area contributed by atoms with Crippen LogP contribution in [0.4, 0.5) is 4.39 Å². The summed E-state index contributed by atoms with van der Waals surface area (Å²) in [4.78, 5) is 0. The Bertz CT molecular complexity index is 368. The van der Waals surface area contributed by atoms with Gasteiger partial charge in [-0.1, -0.05) is 24.2 Å². The van der Waals surface area contributed by atoms with Gasteiger partial charge in [0, 0.05) is 17.6 Å². The zero-order chi connectivity index (χ0) is 11.4. The number of nitrogens with one attached hydrogen (secondary N) is 1. The molecule has 0 heterocycles. The van der Waals surface area contributed by atoms with E-state index in [0.29, 0.717) is 16.0 Å². The first-order valence-corrected chi connectivity index (χ1v) is 5.69. The molecule has 4 heteroatoms. The Labute approximate surface area is 102 Å². The van der Waals surface area contributed by atoms with Crippen LogP contribution in [0, 0.1) is 5.82 Å². The third-order valence-corrected chi connectivity index (χ3v) is 2.79. The first kappa shape index (κ1) is 12.7. The van der Waals surface area contributed by atoms with Crippen molar-refractivity contribution in [1.29, 1.82) is 0 Å². The molecule has 1 rings (SSSR count). The van der Waals surface area contributed by atoms with Gasteiger partial charge in [-0.3, -0.25) is 0 Å². The summed E-state index contributed by atoms with van der Waals surface area (Å²) in [6, 6.07) is 5.05. The van der Waals surface area contributed by atoms with Gasteiger partial charge in [0.2, 0.25) is 0 Å². The molecule has 1 unspecified atom stereocenters. The molecule has 0 radical (unpaired) electrons. The van der Waals surface area contributed by atoms with E-state index in [1.54, 1.807) is 12.1 Å². The molecule has 82 valence electrons. The molecule has 0 spiro atoms. The lowest BCUT2D eigenvalue weighted by molar-refractivity contribution is 0.600. The van der Waals surface area contributed by atoms with E-state index in [1.807, 2.05) is 6.92 Å². The monoisotopic (exact) mass is 291 g/mol. The lowest BCUT2D eigenvalue weighted by atomic mass is 10.1. The topological polar surface area (TPSA) is 12.0 Å². The fraction of sp³-hybridized carbons (Fsp3) is 0.273. The van der Waals surface area contributed by atoms with Gasteiger partial charge in [0.05, 0.1) is 4.47 Å². The van der Waals surface area contributed by atoms with E-state index in [4.69, 9.17) is 11.6 Å². The van der Waals surface area contributed by atoms with Crippen molar-refractivity contribution in [3.05, 3.63) is 45.7 Å². The third kappa shape index (κ3) is 3.93. The Morgan fingerprint density at radius 3 is 2.87 bits per heavy atom. The average molecular weight is 293 g/mol. The van der Waals surface area contributed by atoms with Gasteiger partial charge in [-0.2, -0.15) is 0 Å². The van der Waals surface area contributed by atoms with Crippen molar-refractivity contribution in [2.75, 3.05) is 6.54 Å². The van der Waals surface area contributed by atoms with Gasteiger partial charge in [-0.05, 0) is 40.5 Å². The summed E-state index contributed by atoms with van der Waals surface area (Å²) in [7, 11) is 0. The zero-order valence-corrected chi connectivity index (χ0v) is 10.7. The Balaban J connectivity index is 2.69. The first-order valence-electron chi connectivity index (χ1n) is 4.52. The molecule has 0 bridgehead atoms. The van der Waals surface area contributed by atoms with Crippen LogP contribution in [0.5, 0.6) is 0 Å². The predicted molar refractivity (Wildman–Crippen MR) is 65.5 cm³/mol. The molecule has 1 aromatic carbocycles. The molecule has 0 aliphatic heterocycles. The number of halogens is 3. The highest BCUT2D eigenvalue weighted by molar-refractivity contribution is 9.10. The maximum atomic E-state index is 13.0. The Morgan fingerprint density at radius 1 is 1.67 bits per heavy atom. The van der Waals surface area contributed by atoms with Crippen LogP contribution in [0.2, 0.25) is 0 Å².